The van der Waals surface area contributed by atoms with E-state index in [-0.39, 0.29) is 0 Å². The first kappa shape index (κ1) is 14.0. The summed E-state index contributed by atoms with van der Waals surface area (Å²) in [5, 5.41) is 3.22. The lowest BCUT2D eigenvalue weighted by molar-refractivity contribution is 0.327. The van der Waals surface area contributed by atoms with Crippen molar-refractivity contribution in [3.05, 3.63) is 35.9 Å². The summed E-state index contributed by atoms with van der Waals surface area (Å²) in [6, 6.07) is 3.88. The Labute approximate surface area is 118 Å². The van der Waals surface area contributed by atoms with Crippen LogP contribution in [0.1, 0.15) is 25.2 Å². The molecule has 0 bridgehead atoms. The Balaban J connectivity index is 2.19. The van der Waals surface area contributed by atoms with Crippen molar-refractivity contribution < 1.29 is 4.74 Å². The molecule has 6 nitrogen and oxygen atoms in total. The summed E-state index contributed by atoms with van der Waals surface area (Å²) in [7, 11) is 0. The van der Waals surface area contributed by atoms with Gasteiger partial charge in [-0.1, -0.05) is 6.92 Å². The van der Waals surface area contributed by atoms with Gasteiger partial charge in [0, 0.05) is 25.4 Å². The van der Waals surface area contributed by atoms with Crippen LogP contribution in [0.4, 0.5) is 11.5 Å². The SMILES string of the molecule is CCOc1nc(CC)nc(NCc2ccncc2)c1N. The van der Waals surface area contributed by atoms with E-state index in [0.717, 1.165) is 12.0 Å². The van der Waals surface area contributed by atoms with E-state index in [1.807, 2.05) is 26.0 Å². The lowest BCUT2D eigenvalue weighted by atomic mass is 10.2. The number of aromatic nitrogens is 3. The van der Waals surface area contributed by atoms with Crippen molar-refractivity contribution in [3.63, 3.8) is 0 Å². The van der Waals surface area contributed by atoms with Gasteiger partial charge in [0.15, 0.2) is 5.82 Å². The fourth-order valence-electron chi connectivity index (χ4n) is 1.72. The van der Waals surface area contributed by atoms with Crippen LogP contribution in [0.5, 0.6) is 5.88 Å². The molecule has 0 aliphatic heterocycles. The molecule has 20 heavy (non-hydrogen) atoms. The Kier molecular flexibility index (Phi) is 4.70. The summed E-state index contributed by atoms with van der Waals surface area (Å²) in [5.41, 5.74) is 7.58. The Morgan fingerprint density at radius 3 is 2.60 bits per heavy atom. The highest BCUT2D eigenvalue weighted by atomic mass is 16.5. The van der Waals surface area contributed by atoms with Crippen LogP contribution in [0.2, 0.25) is 0 Å². The van der Waals surface area contributed by atoms with Gasteiger partial charge in [-0.15, -0.1) is 0 Å². The minimum Gasteiger partial charge on any atom is -0.476 e. The highest BCUT2D eigenvalue weighted by Gasteiger charge is 2.11. The number of anilines is 2. The van der Waals surface area contributed by atoms with E-state index in [2.05, 4.69) is 20.3 Å². The third-order valence-corrected chi connectivity index (χ3v) is 2.76. The first-order valence-corrected chi connectivity index (χ1v) is 6.66. The number of hydrogen-bond donors (Lipinski definition) is 2. The summed E-state index contributed by atoms with van der Waals surface area (Å²) < 4.78 is 5.45. The predicted octanol–water partition coefficient (Wildman–Crippen LogP) is 2.03. The maximum absolute atomic E-state index is 6.03. The summed E-state index contributed by atoms with van der Waals surface area (Å²) in [4.78, 5) is 12.7. The highest BCUT2D eigenvalue weighted by Crippen LogP contribution is 2.26. The van der Waals surface area contributed by atoms with Gasteiger partial charge in [0.05, 0.1) is 6.61 Å². The topological polar surface area (TPSA) is 86.0 Å². The number of nitrogens with one attached hydrogen (secondary N) is 1. The Morgan fingerprint density at radius 1 is 1.20 bits per heavy atom. The first-order chi connectivity index (χ1) is 9.74. The molecule has 0 radical (unpaired) electrons. The largest absolute Gasteiger partial charge is 0.476 e. The van der Waals surface area contributed by atoms with Crippen molar-refractivity contribution in [2.75, 3.05) is 17.7 Å². The standard InChI is InChI=1S/C14H19N5O/c1-3-11-18-13(12(15)14(19-11)20-4-2)17-9-10-5-7-16-8-6-10/h5-8H,3-4,9,15H2,1-2H3,(H,17,18,19). The molecule has 2 aromatic heterocycles. The fraction of sp³-hybridized carbons (Fsp3) is 0.357. The van der Waals surface area contributed by atoms with Crippen LogP contribution in [-0.2, 0) is 13.0 Å². The molecular formula is C14H19N5O. The van der Waals surface area contributed by atoms with Gasteiger partial charge in [-0.3, -0.25) is 4.98 Å². The van der Waals surface area contributed by atoms with E-state index in [4.69, 9.17) is 10.5 Å². The molecule has 0 atom stereocenters. The number of ether oxygens (including phenoxy) is 1. The van der Waals surface area contributed by atoms with E-state index >= 15 is 0 Å². The monoisotopic (exact) mass is 273 g/mol. The summed E-state index contributed by atoms with van der Waals surface area (Å²) >= 11 is 0. The average molecular weight is 273 g/mol. The number of hydrogen-bond acceptors (Lipinski definition) is 6. The third-order valence-electron chi connectivity index (χ3n) is 2.76. The number of pyridine rings is 1. The molecule has 0 saturated carbocycles. The molecule has 0 unspecified atom stereocenters. The fourth-order valence-corrected chi connectivity index (χ4v) is 1.72. The number of nitrogens with two attached hydrogens (primary N) is 1. The number of nitrogens with zero attached hydrogens (tertiary/aromatic N) is 3. The minimum absolute atomic E-state index is 0.441. The smallest absolute Gasteiger partial charge is 0.242 e. The predicted molar refractivity (Wildman–Crippen MR) is 78.6 cm³/mol. The zero-order valence-corrected chi connectivity index (χ0v) is 11.8. The maximum atomic E-state index is 6.03. The van der Waals surface area contributed by atoms with Crippen molar-refractivity contribution in [1.29, 1.82) is 0 Å². The van der Waals surface area contributed by atoms with Gasteiger partial charge in [0.2, 0.25) is 5.88 Å². The summed E-state index contributed by atoms with van der Waals surface area (Å²) in [5.74, 6) is 1.76. The van der Waals surface area contributed by atoms with Crippen molar-refractivity contribution in [3.8, 4) is 5.88 Å². The third kappa shape index (κ3) is 3.34. The second-order valence-corrected chi connectivity index (χ2v) is 4.20. The van der Waals surface area contributed by atoms with Crippen LogP contribution in [0, 0.1) is 0 Å². The summed E-state index contributed by atoms with van der Waals surface area (Å²) in [6.07, 6.45) is 4.23. The molecule has 106 valence electrons. The molecule has 2 heterocycles. The zero-order chi connectivity index (χ0) is 14.4. The molecule has 2 aromatic rings. The first-order valence-electron chi connectivity index (χ1n) is 6.66. The number of aryl methyl sites for hydroxylation is 1. The number of rotatable bonds is 6. The van der Waals surface area contributed by atoms with E-state index in [1.165, 1.54) is 0 Å². The Morgan fingerprint density at radius 2 is 1.95 bits per heavy atom. The van der Waals surface area contributed by atoms with Gasteiger partial charge in [0.25, 0.3) is 0 Å². The van der Waals surface area contributed by atoms with Crippen molar-refractivity contribution >= 4 is 11.5 Å². The average Bonchev–Trinajstić information content (AvgIpc) is 2.49. The van der Waals surface area contributed by atoms with Gasteiger partial charge in [0.1, 0.15) is 11.5 Å². The van der Waals surface area contributed by atoms with Crippen LogP contribution in [0.15, 0.2) is 24.5 Å². The Hall–Kier alpha value is -2.37. The zero-order valence-electron chi connectivity index (χ0n) is 11.8. The van der Waals surface area contributed by atoms with Gasteiger partial charge < -0.3 is 15.8 Å². The second-order valence-electron chi connectivity index (χ2n) is 4.20. The van der Waals surface area contributed by atoms with Crippen LogP contribution in [0.3, 0.4) is 0 Å². The molecule has 2 rings (SSSR count). The highest BCUT2D eigenvalue weighted by molar-refractivity contribution is 5.67. The minimum atomic E-state index is 0.441. The molecule has 0 saturated heterocycles. The molecule has 0 spiro atoms. The molecule has 0 aliphatic rings. The number of nitrogen functional groups attached to an aromatic ring is 1. The van der Waals surface area contributed by atoms with E-state index in [9.17, 15) is 0 Å². The van der Waals surface area contributed by atoms with Crippen molar-refractivity contribution in [2.24, 2.45) is 0 Å². The van der Waals surface area contributed by atoms with Crippen molar-refractivity contribution in [1.82, 2.24) is 15.0 Å². The molecule has 0 fully saturated rings. The lowest BCUT2D eigenvalue weighted by Crippen LogP contribution is -2.10. The van der Waals surface area contributed by atoms with Crippen LogP contribution in [-0.4, -0.2) is 21.6 Å². The van der Waals surface area contributed by atoms with Gasteiger partial charge in [-0.05, 0) is 24.6 Å². The second kappa shape index (κ2) is 6.70. The molecular weight excluding hydrogens is 254 g/mol. The van der Waals surface area contributed by atoms with Gasteiger partial charge in [-0.2, -0.15) is 4.98 Å². The normalized spacial score (nSPS) is 10.3. The summed E-state index contributed by atoms with van der Waals surface area (Å²) in [6.45, 7) is 5.04. The van der Waals surface area contributed by atoms with Gasteiger partial charge in [-0.25, -0.2) is 4.98 Å². The van der Waals surface area contributed by atoms with Gasteiger partial charge >= 0.3 is 0 Å². The van der Waals surface area contributed by atoms with Crippen molar-refractivity contribution in [2.45, 2.75) is 26.8 Å². The van der Waals surface area contributed by atoms with E-state index in [1.54, 1.807) is 12.4 Å². The quantitative estimate of drug-likeness (QED) is 0.837. The van der Waals surface area contributed by atoms with Crippen LogP contribution >= 0.6 is 0 Å². The molecule has 0 aliphatic carbocycles. The molecule has 6 heteroatoms. The Bertz CT molecular complexity index is 559. The molecule has 0 amide bonds. The van der Waals surface area contributed by atoms with Crippen LogP contribution in [0.25, 0.3) is 0 Å². The van der Waals surface area contributed by atoms with E-state index < -0.39 is 0 Å². The molecule has 3 N–H and O–H groups in total. The maximum Gasteiger partial charge on any atom is 0.242 e. The van der Waals surface area contributed by atoms with E-state index in [0.29, 0.717) is 36.4 Å². The lowest BCUT2D eigenvalue weighted by Gasteiger charge is -2.13. The molecule has 0 aromatic carbocycles. The van der Waals surface area contributed by atoms with Crippen LogP contribution < -0.4 is 15.8 Å².